The van der Waals surface area contributed by atoms with E-state index in [1.165, 1.54) is 7.11 Å². The number of aliphatic hydroxyl groups excluding tert-OH is 2. The average Bonchev–Trinajstić information content (AvgIpc) is 2.37. The molecule has 1 aromatic carbocycles. The van der Waals surface area contributed by atoms with Crippen LogP contribution in [0.15, 0.2) is 18.2 Å². The first-order valence-electron chi connectivity index (χ1n) is 5.72. The summed E-state index contributed by atoms with van der Waals surface area (Å²) in [5.41, 5.74) is 0.549. The van der Waals surface area contributed by atoms with Gasteiger partial charge in [-0.1, -0.05) is 13.3 Å². The highest BCUT2D eigenvalue weighted by molar-refractivity contribution is 5.42. The van der Waals surface area contributed by atoms with Gasteiger partial charge < -0.3 is 19.7 Å². The van der Waals surface area contributed by atoms with Crippen LogP contribution in [0.2, 0.25) is 0 Å². The lowest BCUT2D eigenvalue weighted by molar-refractivity contribution is 0.0117. The number of benzene rings is 1. The van der Waals surface area contributed by atoms with Crippen LogP contribution in [0.1, 0.15) is 31.4 Å². The maximum Gasteiger partial charge on any atom is 0.125 e. The molecule has 0 fully saturated rings. The molecular weight excluding hydrogens is 220 g/mol. The minimum Gasteiger partial charge on any atom is -0.497 e. The summed E-state index contributed by atoms with van der Waals surface area (Å²) < 4.78 is 10.3. The second-order valence-electron chi connectivity index (χ2n) is 3.91. The third-order valence-corrected chi connectivity index (χ3v) is 2.70. The van der Waals surface area contributed by atoms with Gasteiger partial charge >= 0.3 is 0 Å². The van der Waals surface area contributed by atoms with Crippen LogP contribution >= 0.6 is 0 Å². The van der Waals surface area contributed by atoms with Crippen molar-refractivity contribution in [1.29, 1.82) is 0 Å². The van der Waals surface area contributed by atoms with Crippen molar-refractivity contribution in [3.63, 3.8) is 0 Å². The predicted octanol–water partition coefficient (Wildman–Crippen LogP) is 1.90. The fourth-order valence-corrected chi connectivity index (χ4v) is 1.73. The molecule has 17 heavy (non-hydrogen) atoms. The highest BCUT2D eigenvalue weighted by Gasteiger charge is 2.21. The topological polar surface area (TPSA) is 58.9 Å². The van der Waals surface area contributed by atoms with E-state index in [1.54, 1.807) is 25.3 Å². The Balaban J connectivity index is 3.00. The van der Waals surface area contributed by atoms with Crippen molar-refractivity contribution < 1.29 is 19.7 Å². The van der Waals surface area contributed by atoms with Gasteiger partial charge in [-0.15, -0.1) is 0 Å². The summed E-state index contributed by atoms with van der Waals surface area (Å²) in [6, 6.07) is 5.15. The van der Waals surface area contributed by atoms with E-state index in [2.05, 4.69) is 0 Å². The van der Waals surface area contributed by atoms with Crippen LogP contribution in [0.4, 0.5) is 0 Å². The fourth-order valence-electron chi connectivity index (χ4n) is 1.73. The second-order valence-corrected chi connectivity index (χ2v) is 3.91. The van der Waals surface area contributed by atoms with E-state index in [0.29, 0.717) is 23.5 Å². The van der Waals surface area contributed by atoms with Gasteiger partial charge in [-0.25, -0.2) is 0 Å². The SMILES string of the molecule is CCCC(O)C(O)c1cc(OC)ccc1OC. The molecule has 0 aliphatic heterocycles. The molecule has 4 nitrogen and oxygen atoms in total. The third-order valence-electron chi connectivity index (χ3n) is 2.70. The average molecular weight is 240 g/mol. The number of rotatable bonds is 6. The molecule has 2 unspecified atom stereocenters. The largest absolute Gasteiger partial charge is 0.497 e. The van der Waals surface area contributed by atoms with Gasteiger partial charge in [0.25, 0.3) is 0 Å². The van der Waals surface area contributed by atoms with Crippen molar-refractivity contribution in [2.45, 2.75) is 32.0 Å². The molecule has 0 aromatic heterocycles. The van der Waals surface area contributed by atoms with E-state index < -0.39 is 12.2 Å². The number of ether oxygens (including phenoxy) is 2. The summed E-state index contributed by atoms with van der Waals surface area (Å²) in [6.45, 7) is 1.96. The Morgan fingerprint density at radius 3 is 2.41 bits per heavy atom. The number of aliphatic hydroxyl groups is 2. The molecule has 1 rings (SSSR count). The Kier molecular flexibility index (Phi) is 5.25. The summed E-state index contributed by atoms with van der Waals surface area (Å²) >= 11 is 0. The summed E-state index contributed by atoms with van der Waals surface area (Å²) in [4.78, 5) is 0. The van der Waals surface area contributed by atoms with Gasteiger partial charge in [0.05, 0.1) is 20.3 Å². The van der Waals surface area contributed by atoms with E-state index >= 15 is 0 Å². The van der Waals surface area contributed by atoms with Crippen molar-refractivity contribution in [3.05, 3.63) is 23.8 Å². The summed E-state index contributed by atoms with van der Waals surface area (Å²) in [5, 5.41) is 19.9. The van der Waals surface area contributed by atoms with Gasteiger partial charge in [0.2, 0.25) is 0 Å². The summed E-state index contributed by atoms with van der Waals surface area (Å²) in [6.07, 6.45) is -0.396. The monoisotopic (exact) mass is 240 g/mol. The lowest BCUT2D eigenvalue weighted by Gasteiger charge is -2.20. The minimum absolute atomic E-state index is 0.543. The molecule has 0 saturated heterocycles. The first-order valence-corrected chi connectivity index (χ1v) is 5.72. The van der Waals surface area contributed by atoms with Gasteiger partial charge in [0.15, 0.2) is 0 Å². The molecule has 0 saturated carbocycles. The smallest absolute Gasteiger partial charge is 0.125 e. The molecule has 0 amide bonds. The van der Waals surface area contributed by atoms with Crippen LogP contribution in [-0.2, 0) is 0 Å². The maximum atomic E-state index is 10.1. The molecule has 0 bridgehead atoms. The van der Waals surface area contributed by atoms with Crippen LogP contribution in [-0.4, -0.2) is 30.5 Å². The quantitative estimate of drug-likeness (QED) is 0.797. The Morgan fingerprint density at radius 1 is 1.18 bits per heavy atom. The zero-order valence-electron chi connectivity index (χ0n) is 10.5. The van der Waals surface area contributed by atoms with Crippen LogP contribution in [0, 0.1) is 0 Å². The maximum absolute atomic E-state index is 10.1. The standard InChI is InChI=1S/C13H20O4/c1-4-5-11(14)13(15)10-8-9(16-2)6-7-12(10)17-3/h6-8,11,13-15H,4-5H2,1-3H3. The minimum atomic E-state index is -0.958. The molecule has 96 valence electrons. The van der Waals surface area contributed by atoms with Crippen molar-refractivity contribution in [3.8, 4) is 11.5 Å². The van der Waals surface area contributed by atoms with Crippen LogP contribution in [0.5, 0.6) is 11.5 Å². The van der Waals surface area contributed by atoms with Gasteiger partial charge in [0.1, 0.15) is 17.6 Å². The molecule has 0 spiro atoms. The number of hydrogen-bond donors (Lipinski definition) is 2. The Labute approximate surface area is 102 Å². The van der Waals surface area contributed by atoms with Crippen molar-refractivity contribution in [1.82, 2.24) is 0 Å². The normalized spacial score (nSPS) is 14.2. The van der Waals surface area contributed by atoms with E-state index in [4.69, 9.17) is 9.47 Å². The summed E-state index contributed by atoms with van der Waals surface area (Å²) in [7, 11) is 3.09. The van der Waals surface area contributed by atoms with Crippen LogP contribution in [0.25, 0.3) is 0 Å². The van der Waals surface area contributed by atoms with E-state index in [9.17, 15) is 10.2 Å². The predicted molar refractivity (Wildman–Crippen MR) is 65.4 cm³/mol. The van der Waals surface area contributed by atoms with Crippen molar-refractivity contribution >= 4 is 0 Å². The zero-order valence-corrected chi connectivity index (χ0v) is 10.5. The van der Waals surface area contributed by atoms with Gasteiger partial charge in [-0.2, -0.15) is 0 Å². The molecule has 0 heterocycles. The number of methoxy groups -OCH3 is 2. The van der Waals surface area contributed by atoms with Crippen LogP contribution < -0.4 is 9.47 Å². The van der Waals surface area contributed by atoms with Crippen LogP contribution in [0.3, 0.4) is 0 Å². The fraction of sp³-hybridized carbons (Fsp3) is 0.538. The molecular formula is C13H20O4. The lowest BCUT2D eigenvalue weighted by atomic mass is 10.00. The van der Waals surface area contributed by atoms with E-state index in [1.807, 2.05) is 6.92 Å². The highest BCUT2D eigenvalue weighted by atomic mass is 16.5. The number of hydrogen-bond acceptors (Lipinski definition) is 4. The Bertz CT molecular complexity index is 351. The molecule has 0 aliphatic rings. The van der Waals surface area contributed by atoms with E-state index in [-0.39, 0.29) is 0 Å². The third kappa shape index (κ3) is 3.35. The summed E-state index contributed by atoms with van der Waals surface area (Å²) in [5.74, 6) is 1.18. The van der Waals surface area contributed by atoms with Gasteiger partial charge in [-0.05, 0) is 24.6 Å². The second kappa shape index (κ2) is 6.47. The lowest BCUT2D eigenvalue weighted by Crippen LogP contribution is -2.18. The Morgan fingerprint density at radius 2 is 1.88 bits per heavy atom. The zero-order chi connectivity index (χ0) is 12.8. The molecule has 0 aliphatic carbocycles. The molecule has 4 heteroatoms. The first kappa shape index (κ1) is 13.8. The molecule has 2 atom stereocenters. The van der Waals surface area contributed by atoms with Crippen molar-refractivity contribution in [2.75, 3.05) is 14.2 Å². The molecule has 1 aromatic rings. The molecule has 0 radical (unpaired) electrons. The Hall–Kier alpha value is -1.26. The van der Waals surface area contributed by atoms with Crippen molar-refractivity contribution in [2.24, 2.45) is 0 Å². The molecule has 2 N–H and O–H groups in total. The van der Waals surface area contributed by atoms with E-state index in [0.717, 1.165) is 6.42 Å². The van der Waals surface area contributed by atoms with Gasteiger partial charge in [0, 0.05) is 5.56 Å². The van der Waals surface area contributed by atoms with Gasteiger partial charge in [-0.3, -0.25) is 0 Å². The highest BCUT2D eigenvalue weighted by Crippen LogP contribution is 2.31. The first-order chi connectivity index (χ1) is 8.13.